The van der Waals surface area contributed by atoms with E-state index >= 15 is 0 Å². The number of carboxylic acid groups (broad SMARTS) is 1. The summed E-state index contributed by atoms with van der Waals surface area (Å²) in [5.41, 5.74) is 6.34. The first-order valence-electron chi connectivity index (χ1n) is 12.6. The van der Waals surface area contributed by atoms with E-state index in [0.29, 0.717) is 18.5 Å². The van der Waals surface area contributed by atoms with Gasteiger partial charge in [0, 0.05) is 42.0 Å². The summed E-state index contributed by atoms with van der Waals surface area (Å²) in [5.74, 6) is -2.33. The van der Waals surface area contributed by atoms with Crippen LogP contribution in [-0.2, 0) is 29.0 Å². The zero-order chi connectivity index (χ0) is 26.1. The number of rotatable bonds is 7. The first kappa shape index (κ1) is 24.5. The number of para-hydroxylation sites is 1. The van der Waals surface area contributed by atoms with Crippen LogP contribution in [0.25, 0.3) is 10.9 Å². The zero-order valence-electron chi connectivity index (χ0n) is 21.0. The summed E-state index contributed by atoms with van der Waals surface area (Å²) in [5, 5.41) is 11.0. The van der Waals surface area contributed by atoms with E-state index in [4.69, 9.17) is 0 Å². The number of nitrogens with one attached hydrogen (secondary N) is 1. The first-order chi connectivity index (χ1) is 17.8. The van der Waals surface area contributed by atoms with Gasteiger partial charge in [0.1, 0.15) is 0 Å². The monoisotopic (exact) mass is 494 g/mol. The maximum Gasteiger partial charge on any atom is 0.307 e. The minimum Gasteiger partial charge on any atom is -0.481 e. The second-order valence-corrected chi connectivity index (χ2v) is 10.1. The van der Waals surface area contributed by atoms with Crippen LogP contribution in [0.2, 0.25) is 0 Å². The van der Waals surface area contributed by atoms with E-state index in [-0.39, 0.29) is 24.5 Å². The Balaban J connectivity index is 1.43. The van der Waals surface area contributed by atoms with Gasteiger partial charge in [-0.3, -0.25) is 14.4 Å². The van der Waals surface area contributed by atoms with Gasteiger partial charge in [-0.2, -0.15) is 0 Å². The van der Waals surface area contributed by atoms with Crippen LogP contribution in [0.15, 0.2) is 72.9 Å². The lowest BCUT2D eigenvalue weighted by atomic mass is 9.86. The fourth-order valence-electron chi connectivity index (χ4n) is 5.48. The minimum atomic E-state index is -1.01. The summed E-state index contributed by atoms with van der Waals surface area (Å²) in [4.78, 5) is 44.5. The summed E-state index contributed by atoms with van der Waals surface area (Å²) in [6, 6.07) is 20.5. The number of aromatic nitrogens is 1. The summed E-state index contributed by atoms with van der Waals surface area (Å²) < 4.78 is 0. The molecule has 1 aromatic heterocycles. The number of amides is 1. The van der Waals surface area contributed by atoms with Gasteiger partial charge in [0.25, 0.3) is 5.91 Å². The molecule has 6 nitrogen and oxygen atoms in total. The number of carbonyl (C=O) groups is 3. The third-order valence-electron chi connectivity index (χ3n) is 7.29. The molecular weight excluding hydrogens is 464 g/mol. The van der Waals surface area contributed by atoms with Crippen molar-refractivity contribution in [3.05, 3.63) is 106 Å². The molecule has 0 saturated heterocycles. The molecule has 0 saturated carbocycles. The maximum atomic E-state index is 13.7. The Bertz CT molecular complexity index is 1480. The number of carboxylic acids is 1. The van der Waals surface area contributed by atoms with Crippen LogP contribution in [0, 0.1) is 19.8 Å². The molecule has 6 heteroatoms. The van der Waals surface area contributed by atoms with E-state index in [0.717, 1.165) is 38.7 Å². The zero-order valence-corrected chi connectivity index (χ0v) is 21.0. The van der Waals surface area contributed by atoms with Crippen LogP contribution in [0.5, 0.6) is 0 Å². The Morgan fingerprint density at radius 3 is 2.38 bits per heavy atom. The molecule has 2 N–H and O–H groups in total. The second-order valence-electron chi connectivity index (χ2n) is 10.1. The van der Waals surface area contributed by atoms with Crippen LogP contribution in [0.1, 0.15) is 44.6 Å². The highest BCUT2D eigenvalue weighted by atomic mass is 16.4. The molecule has 0 fully saturated rings. The van der Waals surface area contributed by atoms with Gasteiger partial charge in [0.15, 0.2) is 5.78 Å². The van der Waals surface area contributed by atoms with Crippen molar-refractivity contribution in [3.8, 4) is 0 Å². The van der Waals surface area contributed by atoms with E-state index in [2.05, 4.69) is 4.98 Å². The van der Waals surface area contributed by atoms with E-state index in [1.54, 1.807) is 4.90 Å². The topological polar surface area (TPSA) is 90.5 Å². The minimum absolute atomic E-state index is 0.141. The third kappa shape index (κ3) is 5.05. The lowest BCUT2D eigenvalue weighted by Gasteiger charge is -2.36. The number of nitrogens with zero attached hydrogens (tertiary/aromatic N) is 1. The van der Waals surface area contributed by atoms with E-state index in [1.165, 1.54) is 0 Å². The van der Waals surface area contributed by atoms with Gasteiger partial charge in [-0.05, 0) is 55.2 Å². The predicted octanol–water partition coefficient (Wildman–Crippen LogP) is 5.25. The molecule has 2 unspecified atom stereocenters. The molecule has 2 heterocycles. The molecule has 188 valence electrons. The van der Waals surface area contributed by atoms with Crippen LogP contribution in [0.3, 0.4) is 0 Å². The molecule has 1 aliphatic rings. The number of carbonyl (C=O) groups excluding carboxylic acids is 2. The molecule has 1 amide bonds. The van der Waals surface area contributed by atoms with E-state index in [9.17, 15) is 19.5 Å². The Labute approximate surface area is 215 Å². The van der Waals surface area contributed by atoms with Crippen molar-refractivity contribution in [3.63, 3.8) is 0 Å². The quantitative estimate of drug-likeness (QED) is 0.367. The number of fused-ring (bicyclic) bond motifs is 2. The summed E-state index contributed by atoms with van der Waals surface area (Å²) in [6.07, 6.45) is 2.29. The van der Waals surface area contributed by atoms with Gasteiger partial charge in [0.05, 0.1) is 12.0 Å². The van der Waals surface area contributed by atoms with Gasteiger partial charge in [-0.25, -0.2) is 0 Å². The van der Waals surface area contributed by atoms with Gasteiger partial charge >= 0.3 is 5.97 Å². The maximum absolute atomic E-state index is 13.7. The number of aryl methyl sites for hydroxylation is 2. The average Bonchev–Trinajstić information content (AvgIpc) is 3.29. The number of H-pyrrole nitrogens is 1. The largest absolute Gasteiger partial charge is 0.481 e. The number of hydrogen-bond donors (Lipinski definition) is 2. The number of hydrogen-bond acceptors (Lipinski definition) is 3. The highest BCUT2D eigenvalue weighted by Gasteiger charge is 2.37. The molecule has 0 aliphatic carbocycles. The normalized spacial score (nSPS) is 15.8. The van der Waals surface area contributed by atoms with Crippen LogP contribution < -0.4 is 0 Å². The van der Waals surface area contributed by atoms with Gasteiger partial charge in [0.2, 0.25) is 0 Å². The van der Waals surface area contributed by atoms with Gasteiger partial charge in [-0.15, -0.1) is 0 Å². The fraction of sp³-hybridized carbons (Fsp3) is 0.258. The Morgan fingerprint density at radius 1 is 0.973 bits per heavy atom. The molecule has 37 heavy (non-hydrogen) atoms. The van der Waals surface area contributed by atoms with Crippen molar-refractivity contribution in [1.82, 2.24) is 9.88 Å². The SMILES string of the molecule is Cc1cc(C)cc(C(=O)N2Cc3ccccc3CC2C(=O)CC(Cc2c[nH]c3ccccc23)C(=O)O)c1. The molecule has 1 aliphatic heterocycles. The Morgan fingerprint density at radius 2 is 1.65 bits per heavy atom. The number of aliphatic carboxylic acids is 1. The first-order valence-corrected chi connectivity index (χ1v) is 12.6. The molecule has 4 aromatic rings. The van der Waals surface area contributed by atoms with Crippen molar-refractivity contribution >= 4 is 28.6 Å². The van der Waals surface area contributed by atoms with Crippen molar-refractivity contribution in [1.29, 1.82) is 0 Å². The number of Topliss-reactive ketones (excluding diaryl/α,β-unsaturated/α-hetero) is 1. The summed E-state index contributed by atoms with van der Waals surface area (Å²) in [6.45, 7) is 4.21. The van der Waals surface area contributed by atoms with Gasteiger partial charge in [-0.1, -0.05) is 59.7 Å². The Kier molecular flexibility index (Phi) is 6.66. The third-order valence-corrected chi connectivity index (χ3v) is 7.29. The lowest BCUT2D eigenvalue weighted by Crippen LogP contribution is -2.49. The van der Waals surface area contributed by atoms with Crippen LogP contribution in [0.4, 0.5) is 0 Å². The molecule has 3 aromatic carbocycles. The van der Waals surface area contributed by atoms with Crippen molar-refractivity contribution in [2.45, 2.75) is 45.7 Å². The molecule has 0 radical (unpaired) electrons. The van der Waals surface area contributed by atoms with E-state index < -0.39 is 17.9 Å². The number of aromatic amines is 1. The lowest BCUT2D eigenvalue weighted by molar-refractivity contribution is -0.144. The highest BCUT2D eigenvalue weighted by molar-refractivity contribution is 5.99. The molecule has 0 bridgehead atoms. The predicted molar refractivity (Wildman–Crippen MR) is 142 cm³/mol. The Hall–Kier alpha value is -4.19. The molecule has 2 atom stereocenters. The number of benzene rings is 3. The standard InChI is InChI=1S/C31H30N2O4/c1-19-11-20(2)13-23(12-19)30(35)33-18-22-8-4-3-7-21(22)15-28(33)29(34)16-24(31(36)37)14-25-17-32-27-10-6-5-9-26(25)27/h3-13,17,24,28,32H,14-16,18H2,1-2H3,(H,36,37). The van der Waals surface area contributed by atoms with Crippen molar-refractivity contribution in [2.24, 2.45) is 5.92 Å². The average molecular weight is 495 g/mol. The van der Waals surface area contributed by atoms with Crippen molar-refractivity contribution in [2.75, 3.05) is 0 Å². The van der Waals surface area contributed by atoms with E-state index in [1.807, 2.05) is 86.8 Å². The smallest absolute Gasteiger partial charge is 0.307 e. The molecular formula is C31H30N2O4. The fourth-order valence-corrected chi connectivity index (χ4v) is 5.48. The van der Waals surface area contributed by atoms with Crippen molar-refractivity contribution < 1.29 is 19.5 Å². The molecule has 5 rings (SSSR count). The van der Waals surface area contributed by atoms with Crippen LogP contribution in [-0.4, -0.2) is 38.7 Å². The highest BCUT2D eigenvalue weighted by Crippen LogP contribution is 2.29. The van der Waals surface area contributed by atoms with Crippen LogP contribution >= 0.6 is 0 Å². The summed E-state index contributed by atoms with van der Waals surface area (Å²) in [7, 11) is 0. The molecule has 0 spiro atoms. The van der Waals surface area contributed by atoms with Gasteiger partial charge < -0.3 is 15.0 Å². The number of ketones is 1. The second kappa shape index (κ2) is 10.1. The summed E-state index contributed by atoms with van der Waals surface area (Å²) >= 11 is 0.